The van der Waals surface area contributed by atoms with Gasteiger partial charge in [0, 0.05) is 10.4 Å². The molecular formula is C14H16N2O2S. The smallest absolute Gasteiger partial charge is 0.251 e. The maximum atomic E-state index is 12.0. The van der Waals surface area contributed by atoms with E-state index in [0.29, 0.717) is 23.5 Å². The van der Waals surface area contributed by atoms with Crippen molar-refractivity contribution >= 4 is 22.9 Å². The molecule has 1 amide bonds. The Labute approximate surface area is 116 Å². The summed E-state index contributed by atoms with van der Waals surface area (Å²) in [6.07, 6.45) is 0. The number of rotatable bonds is 4. The molecule has 0 spiro atoms. The third-order valence-electron chi connectivity index (χ3n) is 2.87. The lowest BCUT2D eigenvalue weighted by atomic mass is 10.1. The standard InChI is InChI=1S/C14H16N2O2S/c1-9-5-6-19-13(9)8-16-14(17)10-3-4-12(18-2)11(15)7-10/h3-7H,8,15H2,1-2H3,(H,16,17). The largest absolute Gasteiger partial charge is 0.495 e. The van der Waals surface area contributed by atoms with E-state index in [2.05, 4.69) is 5.32 Å². The first kappa shape index (κ1) is 13.4. The van der Waals surface area contributed by atoms with Crippen LogP contribution in [0.4, 0.5) is 5.69 Å². The van der Waals surface area contributed by atoms with Crippen LogP contribution in [0.25, 0.3) is 0 Å². The Balaban J connectivity index is 2.04. The first-order valence-electron chi connectivity index (χ1n) is 5.86. The predicted molar refractivity (Wildman–Crippen MR) is 77.6 cm³/mol. The SMILES string of the molecule is COc1ccc(C(=O)NCc2sccc2C)cc1N. The molecule has 3 N–H and O–H groups in total. The van der Waals surface area contributed by atoms with E-state index >= 15 is 0 Å². The molecule has 1 aromatic carbocycles. The minimum Gasteiger partial charge on any atom is -0.495 e. The topological polar surface area (TPSA) is 64.3 Å². The Kier molecular flexibility index (Phi) is 4.06. The molecule has 1 heterocycles. The lowest BCUT2D eigenvalue weighted by molar-refractivity contribution is 0.0951. The van der Waals surface area contributed by atoms with Gasteiger partial charge in [-0.25, -0.2) is 0 Å². The number of amides is 1. The number of nitrogens with two attached hydrogens (primary N) is 1. The Bertz CT molecular complexity index is 593. The van der Waals surface area contributed by atoms with Crippen LogP contribution < -0.4 is 15.8 Å². The number of nitrogens with one attached hydrogen (secondary N) is 1. The highest BCUT2D eigenvalue weighted by atomic mass is 32.1. The van der Waals surface area contributed by atoms with Crippen LogP contribution in [0.15, 0.2) is 29.6 Å². The number of thiophene rings is 1. The molecule has 0 aliphatic carbocycles. The van der Waals surface area contributed by atoms with Gasteiger partial charge in [0.15, 0.2) is 0 Å². The molecule has 2 rings (SSSR count). The van der Waals surface area contributed by atoms with Crippen molar-refractivity contribution in [1.82, 2.24) is 5.32 Å². The molecule has 0 unspecified atom stereocenters. The van der Waals surface area contributed by atoms with E-state index in [4.69, 9.17) is 10.5 Å². The van der Waals surface area contributed by atoms with E-state index in [1.165, 1.54) is 5.56 Å². The summed E-state index contributed by atoms with van der Waals surface area (Å²) in [5.74, 6) is 0.438. The van der Waals surface area contributed by atoms with Crippen LogP contribution in [0, 0.1) is 6.92 Å². The number of carbonyl (C=O) groups is 1. The Morgan fingerprint density at radius 2 is 2.21 bits per heavy atom. The Morgan fingerprint density at radius 1 is 1.42 bits per heavy atom. The monoisotopic (exact) mass is 276 g/mol. The summed E-state index contributed by atoms with van der Waals surface area (Å²) >= 11 is 1.64. The van der Waals surface area contributed by atoms with Crippen LogP contribution in [0.3, 0.4) is 0 Å². The molecule has 100 valence electrons. The van der Waals surface area contributed by atoms with Gasteiger partial charge in [0.1, 0.15) is 5.75 Å². The zero-order valence-electron chi connectivity index (χ0n) is 10.9. The summed E-state index contributed by atoms with van der Waals surface area (Å²) in [5, 5.41) is 4.90. The highest BCUT2D eigenvalue weighted by molar-refractivity contribution is 7.10. The van der Waals surface area contributed by atoms with Crippen molar-refractivity contribution in [3.05, 3.63) is 45.6 Å². The molecule has 0 aliphatic heterocycles. The zero-order valence-corrected chi connectivity index (χ0v) is 11.7. The normalized spacial score (nSPS) is 10.2. The summed E-state index contributed by atoms with van der Waals surface area (Å²) in [5.41, 5.74) is 7.97. The second-order valence-electron chi connectivity index (χ2n) is 4.17. The molecule has 1 aromatic heterocycles. The Hall–Kier alpha value is -2.01. The molecule has 0 bridgehead atoms. The fraction of sp³-hybridized carbons (Fsp3) is 0.214. The maximum Gasteiger partial charge on any atom is 0.251 e. The number of aryl methyl sites for hydroxylation is 1. The van der Waals surface area contributed by atoms with Crippen molar-refractivity contribution in [3.63, 3.8) is 0 Å². The van der Waals surface area contributed by atoms with Crippen molar-refractivity contribution in [2.24, 2.45) is 0 Å². The molecule has 2 aromatic rings. The van der Waals surface area contributed by atoms with Gasteiger partial charge in [-0.3, -0.25) is 4.79 Å². The molecule has 0 saturated heterocycles. The molecule has 0 fully saturated rings. The predicted octanol–water partition coefficient (Wildman–Crippen LogP) is 2.58. The number of hydrogen-bond donors (Lipinski definition) is 2. The molecule has 0 radical (unpaired) electrons. The van der Waals surface area contributed by atoms with E-state index in [9.17, 15) is 4.79 Å². The fourth-order valence-electron chi connectivity index (χ4n) is 1.72. The second-order valence-corrected chi connectivity index (χ2v) is 5.17. The van der Waals surface area contributed by atoms with Gasteiger partial charge in [-0.05, 0) is 42.1 Å². The fourth-order valence-corrected chi connectivity index (χ4v) is 2.57. The van der Waals surface area contributed by atoms with Gasteiger partial charge in [0.2, 0.25) is 0 Å². The van der Waals surface area contributed by atoms with E-state index in [1.807, 2.05) is 18.4 Å². The van der Waals surface area contributed by atoms with Gasteiger partial charge >= 0.3 is 0 Å². The van der Waals surface area contributed by atoms with Crippen LogP contribution in [-0.4, -0.2) is 13.0 Å². The van der Waals surface area contributed by atoms with E-state index in [0.717, 1.165) is 4.88 Å². The minimum atomic E-state index is -0.137. The zero-order chi connectivity index (χ0) is 13.8. The number of nitrogen functional groups attached to an aromatic ring is 1. The quantitative estimate of drug-likeness (QED) is 0.844. The van der Waals surface area contributed by atoms with Crippen LogP contribution >= 0.6 is 11.3 Å². The summed E-state index contributed by atoms with van der Waals surface area (Å²) in [6, 6.07) is 7.05. The molecular weight excluding hydrogens is 260 g/mol. The third kappa shape index (κ3) is 3.06. The number of benzene rings is 1. The van der Waals surface area contributed by atoms with Gasteiger partial charge in [0.05, 0.1) is 19.3 Å². The van der Waals surface area contributed by atoms with E-state index in [-0.39, 0.29) is 5.91 Å². The minimum absolute atomic E-state index is 0.137. The van der Waals surface area contributed by atoms with Crippen molar-refractivity contribution < 1.29 is 9.53 Å². The van der Waals surface area contributed by atoms with E-state index < -0.39 is 0 Å². The maximum absolute atomic E-state index is 12.0. The molecule has 4 nitrogen and oxygen atoms in total. The number of hydrogen-bond acceptors (Lipinski definition) is 4. The van der Waals surface area contributed by atoms with Crippen LogP contribution in [0.1, 0.15) is 20.8 Å². The van der Waals surface area contributed by atoms with Gasteiger partial charge in [-0.1, -0.05) is 0 Å². The molecule has 19 heavy (non-hydrogen) atoms. The van der Waals surface area contributed by atoms with Gasteiger partial charge in [-0.2, -0.15) is 0 Å². The summed E-state index contributed by atoms with van der Waals surface area (Å²) in [7, 11) is 1.55. The molecule has 5 heteroatoms. The molecule has 0 atom stereocenters. The van der Waals surface area contributed by atoms with Crippen molar-refractivity contribution in [1.29, 1.82) is 0 Å². The Morgan fingerprint density at radius 3 is 2.79 bits per heavy atom. The number of methoxy groups -OCH3 is 1. The molecule has 0 saturated carbocycles. The highest BCUT2D eigenvalue weighted by Crippen LogP contribution is 2.22. The van der Waals surface area contributed by atoms with E-state index in [1.54, 1.807) is 36.6 Å². The van der Waals surface area contributed by atoms with Gasteiger partial charge in [-0.15, -0.1) is 11.3 Å². The average Bonchev–Trinajstić information content (AvgIpc) is 2.81. The first-order valence-corrected chi connectivity index (χ1v) is 6.74. The third-order valence-corrected chi connectivity index (χ3v) is 3.89. The van der Waals surface area contributed by atoms with Crippen molar-refractivity contribution in [2.75, 3.05) is 12.8 Å². The number of ether oxygens (including phenoxy) is 1. The lowest BCUT2D eigenvalue weighted by Gasteiger charge is -2.08. The number of carbonyl (C=O) groups excluding carboxylic acids is 1. The van der Waals surface area contributed by atoms with Crippen molar-refractivity contribution in [3.8, 4) is 5.75 Å². The summed E-state index contributed by atoms with van der Waals surface area (Å²) < 4.78 is 5.06. The summed E-state index contributed by atoms with van der Waals surface area (Å²) in [6.45, 7) is 2.57. The lowest BCUT2D eigenvalue weighted by Crippen LogP contribution is -2.22. The van der Waals surface area contributed by atoms with Crippen LogP contribution in [0.2, 0.25) is 0 Å². The summed E-state index contributed by atoms with van der Waals surface area (Å²) in [4.78, 5) is 13.2. The van der Waals surface area contributed by atoms with Gasteiger partial charge in [0.25, 0.3) is 5.91 Å². The molecule has 0 aliphatic rings. The van der Waals surface area contributed by atoms with Gasteiger partial charge < -0.3 is 15.8 Å². The number of anilines is 1. The highest BCUT2D eigenvalue weighted by Gasteiger charge is 2.09. The average molecular weight is 276 g/mol. The first-order chi connectivity index (χ1) is 9.11. The second kappa shape index (κ2) is 5.75. The van der Waals surface area contributed by atoms with Crippen LogP contribution in [-0.2, 0) is 6.54 Å². The van der Waals surface area contributed by atoms with Crippen LogP contribution in [0.5, 0.6) is 5.75 Å². The van der Waals surface area contributed by atoms with Crippen molar-refractivity contribution in [2.45, 2.75) is 13.5 Å².